The van der Waals surface area contributed by atoms with E-state index in [1.54, 1.807) is 0 Å². The SMILES string of the molecule is CCOc1ccc([C@H]2NC(=O)NC(CN3CCCCC3)=C2C(=O)OC)cc1. The highest BCUT2D eigenvalue weighted by atomic mass is 16.5. The number of carbonyl (C=O) groups excluding carboxylic acids is 2. The monoisotopic (exact) mass is 373 g/mol. The number of carbonyl (C=O) groups is 2. The van der Waals surface area contributed by atoms with E-state index in [4.69, 9.17) is 9.47 Å². The van der Waals surface area contributed by atoms with Gasteiger partial charge in [-0.3, -0.25) is 4.90 Å². The smallest absolute Gasteiger partial charge is 0.338 e. The number of ether oxygens (including phenoxy) is 2. The van der Waals surface area contributed by atoms with Gasteiger partial charge in [0.2, 0.25) is 0 Å². The van der Waals surface area contributed by atoms with Crippen LogP contribution in [0.25, 0.3) is 0 Å². The van der Waals surface area contributed by atoms with E-state index in [1.807, 2.05) is 31.2 Å². The molecule has 27 heavy (non-hydrogen) atoms. The third-order valence-electron chi connectivity index (χ3n) is 4.91. The van der Waals surface area contributed by atoms with Gasteiger partial charge in [0.15, 0.2) is 0 Å². The van der Waals surface area contributed by atoms with E-state index in [1.165, 1.54) is 13.5 Å². The number of methoxy groups -OCH3 is 1. The highest BCUT2D eigenvalue weighted by Gasteiger charge is 2.34. The molecule has 2 amide bonds. The van der Waals surface area contributed by atoms with Gasteiger partial charge < -0.3 is 20.1 Å². The van der Waals surface area contributed by atoms with Crippen LogP contribution < -0.4 is 15.4 Å². The average Bonchev–Trinajstić information content (AvgIpc) is 2.69. The number of benzene rings is 1. The van der Waals surface area contributed by atoms with Gasteiger partial charge in [0.1, 0.15) is 5.75 Å². The summed E-state index contributed by atoms with van der Waals surface area (Å²) in [5.41, 5.74) is 1.88. The number of urea groups is 1. The first-order chi connectivity index (χ1) is 13.1. The minimum atomic E-state index is -0.554. The molecule has 1 atom stereocenters. The first kappa shape index (κ1) is 19.2. The molecule has 0 aliphatic carbocycles. The highest BCUT2D eigenvalue weighted by molar-refractivity contribution is 5.95. The van der Waals surface area contributed by atoms with Crippen molar-refractivity contribution in [2.45, 2.75) is 32.2 Å². The summed E-state index contributed by atoms with van der Waals surface area (Å²) in [4.78, 5) is 27.1. The lowest BCUT2D eigenvalue weighted by Crippen LogP contribution is -2.48. The van der Waals surface area contributed by atoms with Gasteiger partial charge in [0, 0.05) is 12.2 Å². The Balaban J connectivity index is 1.92. The van der Waals surface area contributed by atoms with Gasteiger partial charge in [0.05, 0.1) is 25.3 Å². The fraction of sp³-hybridized carbons (Fsp3) is 0.500. The van der Waals surface area contributed by atoms with E-state index in [-0.39, 0.29) is 6.03 Å². The maximum absolute atomic E-state index is 12.6. The van der Waals surface area contributed by atoms with Crippen LogP contribution in [0.15, 0.2) is 35.5 Å². The zero-order valence-corrected chi connectivity index (χ0v) is 15.9. The van der Waals surface area contributed by atoms with Gasteiger partial charge in [-0.1, -0.05) is 18.6 Å². The van der Waals surface area contributed by atoms with E-state index < -0.39 is 12.0 Å². The van der Waals surface area contributed by atoms with Crippen molar-refractivity contribution in [2.24, 2.45) is 0 Å². The Kier molecular flexibility index (Phi) is 6.34. The summed E-state index contributed by atoms with van der Waals surface area (Å²) >= 11 is 0. The molecule has 0 unspecified atom stereocenters. The molecule has 1 fully saturated rings. The van der Waals surface area contributed by atoms with Crippen molar-refractivity contribution in [3.8, 4) is 5.75 Å². The van der Waals surface area contributed by atoms with Gasteiger partial charge in [-0.25, -0.2) is 9.59 Å². The number of nitrogens with zero attached hydrogens (tertiary/aromatic N) is 1. The molecule has 1 aromatic rings. The Morgan fingerprint density at radius 1 is 1.19 bits per heavy atom. The molecule has 7 heteroatoms. The number of piperidine rings is 1. The van der Waals surface area contributed by atoms with Crippen LogP contribution in [0.5, 0.6) is 5.75 Å². The third kappa shape index (κ3) is 4.60. The number of likely N-dealkylation sites (tertiary alicyclic amines) is 1. The summed E-state index contributed by atoms with van der Waals surface area (Å²) in [6, 6.07) is 6.54. The second-order valence-corrected chi connectivity index (χ2v) is 6.75. The Bertz CT molecular complexity index is 708. The topological polar surface area (TPSA) is 79.9 Å². The molecule has 2 aliphatic rings. The van der Waals surface area contributed by atoms with Crippen LogP contribution in [0.4, 0.5) is 4.79 Å². The Morgan fingerprint density at radius 2 is 1.89 bits per heavy atom. The molecule has 2 N–H and O–H groups in total. The zero-order chi connectivity index (χ0) is 19.2. The standard InChI is InChI=1S/C20H27N3O4/c1-3-27-15-9-7-14(8-10-15)18-17(19(24)26-2)16(21-20(25)22-18)13-23-11-5-4-6-12-23/h7-10,18H,3-6,11-13H2,1-2H3,(H2,21,22,25)/t18-/m1/s1. The van der Waals surface area contributed by atoms with Crippen molar-refractivity contribution >= 4 is 12.0 Å². The zero-order valence-electron chi connectivity index (χ0n) is 15.9. The fourth-order valence-corrected chi connectivity index (χ4v) is 3.61. The van der Waals surface area contributed by atoms with Crippen LogP contribution >= 0.6 is 0 Å². The Labute approximate surface area is 159 Å². The van der Waals surface area contributed by atoms with Crippen molar-refractivity contribution in [1.29, 1.82) is 0 Å². The Morgan fingerprint density at radius 3 is 2.52 bits per heavy atom. The van der Waals surface area contributed by atoms with Gasteiger partial charge in [-0.05, 0) is 50.6 Å². The number of hydrogen-bond donors (Lipinski definition) is 2. The number of nitrogens with one attached hydrogen (secondary N) is 2. The second-order valence-electron chi connectivity index (χ2n) is 6.75. The summed E-state index contributed by atoms with van der Waals surface area (Å²) in [6.07, 6.45) is 3.49. The molecule has 2 aliphatic heterocycles. The second kappa shape index (κ2) is 8.90. The summed E-state index contributed by atoms with van der Waals surface area (Å²) in [5.74, 6) is 0.312. The molecule has 1 aromatic carbocycles. The summed E-state index contributed by atoms with van der Waals surface area (Å²) < 4.78 is 10.5. The molecular weight excluding hydrogens is 346 g/mol. The van der Waals surface area contributed by atoms with Gasteiger partial charge in [-0.2, -0.15) is 0 Å². The lowest BCUT2D eigenvalue weighted by Gasteiger charge is -2.33. The van der Waals surface area contributed by atoms with Gasteiger partial charge in [0.25, 0.3) is 0 Å². The van der Waals surface area contributed by atoms with E-state index in [9.17, 15) is 9.59 Å². The number of amides is 2. The number of hydrogen-bond acceptors (Lipinski definition) is 5. The van der Waals surface area contributed by atoms with E-state index >= 15 is 0 Å². The maximum atomic E-state index is 12.6. The summed E-state index contributed by atoms with van der Waals surface area (Å²) in [5, 5.41) is 5.67. The molecule has 2 heterocycles. The van der Waals surface area contributed by atoms with Crippen molar-refractivity contribution in [3.05, 3.63) is 41.1 Å². The van der Waals surface area contributed by atoms with Crippen molar-refractivity contribution in [3.63, 3.8) is 0 Å². The lowest BCUT2D eigenvalue weighted by atomic mass is 9.94. The average molecular weight is 373 g/mol. The molecular formula is C20H27N3O4. The molecule has 0 saturated carbocycles. The molecule has 7 nitrogen and oxygen atoms in total. The highest BCUT2D eigenvalue weighted by Crippen LogP contribution is 2.29. The van der Waals surface area contributed by atoms with Crippen LogP contribution in [-0.2, 0) is 9.53 Å². The largest absolute Gasteiger partial charge is 0.494 e. The van der Waals surface area contributed by atoms with Crippen LogP contribution in [0.2, 0.25) is 0 Å². The van der Waals surface area contributed by atoms with Crippen LogP contribution in [0.3, 0.4) is 0 Å². The predicted molar refractivity (Wildman–Crippen MR) is 101 cm³/mol. The molecule has 0 aromatic heterocycles. The summed E-state index contributed by atoms with van der Waals surface area (Å²) in [6.45, 7) is 4.97. The molecule has 0 bridgehead atoms. The lowest BCUT2D eigenvalue weighted by molar-refractivity contribution is -0.136. The van der Waals surface area contributed by atoms with Crippen molar-refractivity contribution < 1.29 is 19.1 Å². The first-order valence-electron chi connectivity index (χ1n) is 9.46. The summed E-state index contributed by atoms with van der Waals surface area (Å²) in [7, 11) is 1.36. The Hall–Kier alpha value is -2.54. The first-order valence-corrected chi connectivity index (χ1v) is 9.46. The molecule has 0 spiro atoms. The molecule has 146 valence electrons. The van der Waals surface area contributed by atoms with E-state index in [0.717, 1.165) is 37.2 Å². The minimum absolute atomic E-state index is 0.312. The third-order valence-corrected chi connectivity index (χ3v) is 4.91. The quantitative estimate of drug-likeness (QED) is 0.749. The van der Waals surface area contributed by atoms with Gasteiger partial charge >= 0.3 is 12.0 Å². The maximum Gasteiger partial charge on any atom is 0.338 e. The molecule has 1 saturated heterocycles. The van der Waals surface area contributed by atoms with E-state index in [2.05, 4.69) is 15.5 Å². The van der Waals surface area contributed by atoms with Crippen LogP contribution in [0.1, 0.15) is 37.8 Å². The van der Waals surface area contributed by atoms with Crippen LogP contribution in [-0.4, -0.2) is 50.3 Å². The molecule has 3 rings (SSSR count). The van der Waals surface area contributed by atoms with Crippen LogP contribution in [0, 0.1) is 0 Å². The number of esters is 1. The minimum Gasteiger partial charge on any atom is -0.494 e. The molecule has 0 radical (unpaired) electrons. The van der Waals surface area contributed by atoms with Crippen molar-refractivity contribution in [1.82, 2.24) is 15.5 Å². The van der Waals surface area contributed by atoms with E-state index in [0.29, 0.717) is 24.4 Å². The van der Waals surface area contributed by atoms with Gasteiger partial charge in [-0.15, -0.1) is 0 Å². The predicted octanol–water partition coefficient (Wildman–Crippen LogP) is 2.35. The number of rotatable bonds is 6. The van der Waals surface area contributed by atoms with Crippen molar-refractivity contribution in [2.75, 3.05) is 33.4 Å². The fourth-order valence-electron chi connectivity index (χ4n) is 3.61. The normalized spacial score (nSPS) is 20.7.